The molecule has 0 aromatic carbocycles. The van der Waals surface area contributed by atoms with E-state index in [1.807, 2.05) is 45.2 Å². The highest BCUT2D eigenvalue weighted by Gasteiger charge is 2.16. The second-order valence-electron chi connectivity index (χ2n) is 7.88. The molecular formula is C28H62I2N8O8S3. The number of halogens is 2. The van der Waals surface area contributed by atoms with Gasteiger partial charge in [0.15, 0.2) is 0 Å². The van der Waals surface area contributed by atoms with Crippen molar-refractivity contribution in [3.05, 3.63) is 12.3 Å². The molecule has 0 radical (unpaired) electrons. The van der Waals surface area contributed by atoms with E-state index in [2.05, 4.69) is 74.4 Å². The number of nitrogens with one attached hydrogen (secondary N) is 8. The highest BCUT2D eigenvalue weighted by Crippen LogP contribution is 1.88. The Balaban J connectivity index is -0.0000000613. The van der Waals surface area contributed by atoms with Gasteiger partial charge in [0, 0.05) is 70.1 Å². The van der Waals surface area contributed by atoms with Gasteiger partial charge < -0.3 is 42.5 Å². The molecule has 294 valence electrons. The van der Waals surface area contributed by atoms with Crippen LogP contribution >= 0.6 is 83.9 Å². The maximum absolute atomic E-state index is 10.9. The Hall–Kier alpha value is -1.99. The van der Waals surface area contributed by atoms with Gasteiger partial charge in [-0.1, -0.05) is 66.6 Å². The average molecular weight is 991 g/mol. The molecule has 0 aromatic heterocycles. The smallest absolute Gasteiger partial charge is 0.266 e. The predicted molar refractivity (Wildman–Crippen MR) is 229 cm³/mol. The van der Waals surface area contributed by atoms with Crippen LogP contribution in [0.15, 0.2) is 12.3 Å². The number of rotatable bonds is 10. The third-order valence-electron chi connectivity index (χ3n) is 4.13. The van der Waals surface area contributed by atoms with Crippen molar-refractivity contribution in [2.45, 2.75) is 67.6 Å². The van der Waals surface area contributed by atoms with Gasteiger partial charge in [-0.15, -0.1) is 0 Å². The lowest BCUT2D eigenvalue weighted by Crippen LogP contribution is -2.46. The molecule has 0 fully saturated rings. The summed E-state index contributed by atoms with van der Waals surface area (Å²) in [6, 6.07) is -1.50. The summed E-state index contributed by atoms with van der Waals surface area (Å²) in [6.45, 7) is 10.4. The first kappa shape index (κ1) is 62.2. The number of thiol groups is 2. The van der Waals surface area contributed by atoms with E-state index in [0.717, 1.165) is 0 Å². The highest BCUT2D eigenvalue weighted by molar-refractivity contribution is 14.1. The first-order chi connectivity index (χ1) is 22.2. The minimum atomic E-state index is -0.527. The molecule has 0 spiro atoms. The van der Waals surface area contributed by atoms with Gasteiger partial charge in [0.2, 0.25) is 41.4 Å². The van der Waals surface area contributed by atoms with Gasteiger partial charge in [0.1, 0.15) is 18.1 Å². The number of likely N-dealkylation sites (N-methyl/N-ethyl adjacent to an activating group) is 4. The third kappa shape index (κ3) is 50.5. The lowest BCUT2D eigenvalue weighted by atomic mass is 10.3. The molecule has 49 heavy (non-hydrogen) atoms. The quantitative estimate of drug-likeness (QED) is 0.0639. The van der Waals surface area contributed by atoms with Crippen molar-refractivity contribution < 1.29 is 41.1 Å². The average Bonchev–Trinajstić information content (AvgIpc) is 3.01. The van der Waals surface area contributed by atoms with E-state index >= 15 is 0 Å². The summed E-state index contributed by atoms with van der Waals surface area (Å²) in [5, 5.41) is 19.2. The zero-order chi connectivity index (χ0) is 39.4. The fraction of sp³-hybridized carbons (Fsp3) is 0.643. The van der Waals surface area contributed by atoms with Crippen LogP contribution in [0.2, 0.25) is 0 Å². The van der Waals surface area contributed by atoms with Crippen LogP contribution in [0.25, 0.3) is 0 Å². The normalized spacial score (nSPS) is 10.2. The van der Waals surface area contributed by atoms with Crippen LogP contribution in [0, 0.1) is 0 Å². The molecule has 3 atom stereocenters. The molecule has 3 unspecified atom stereocenters. The van der Waals surface area contributed by atoms with Gasteiger partial charge in [-0.25, -0.2) is 0 Å². The van der Waals surface area contributed by atoms with E-state index in [4.69, 9.17) is 2.74 Å². The summed E-state index contributed by atoms with van der Waals surface area (Å²) in [6.07, 6.45) is 0. The Morgan fingerprint density at radius 1 is 0.633 bits per heavy atom. The number of alkyl halides is 2. The Morgan fingerprint density at radius 2 is 0.918 bits per heavy atom. The van der Waals surface area contributed by atoms with Crippen molar-refractivity contribution in [1.29, 1.82) is 0 Å². The zero-order valence-electron chi connectivity index (χ0n) is 30.2. The van der Waals surface area contributed by atoms with Crippen LogP contribution < -0.4 is 42.5 Å². The molecule has 8 amide bonds. The van der Waals surface area contributed by atoms with Crippen LogP contribution in [-0.2, 0) is 38.4 Å². The van der Waals surface area contributed by atoms with E-state index in [0.29, 0.717) is 21.3 Å². The first-order valence-electron chi connectivity index (χ1n) is 14.2. The SMILES string of the molecule is C.C.C=C(NC(C)=O)C(=O)NC.CNC(=O)C(C)NC(C)=O.CNC(=O)C(CS)NC(C)=O.CNC(=O)C(CS)NC(C)=O.S.[2H]CI.[2H]CI. The summed E-state index contributed by atoms with van der Waals surface area (Å²) in [5.74, 6) is -1.36. The number of carbonyl (C=O) groups excluding carboxylic acids is 8. The Labute approximate surface area is 341 Å². The van der Waals surface area contributed by atoms with Crippen molar-refractivity contribution >= 4 is 131 Å². The molecule has 0 aliphatic heterocycles. The van der Waals surface area contributed by atoms with E-state index in [1.165, 1.54) is 55.9 Å². The lowest BCUT2D eigenvalue weighted by Gasteiger charge is -2.12. The zero-order valence-corrected chi connectivity index (χ0v) is 35.3. The fourth-order valence-electron chi connectivity index (χ4n) is 2.23. The minimum absolute atomic E-state index is 0. The Morgan fingerprint density at radius 3 is 1.10 bits per heavy atom. The van der Waals surface area contributed by atoms with E-state index in [9.17, 15) is 38.4 Å². The molecule has 0 saturated heterocycles. The molecule has 0 rings (SSSR count). The number of hydrogen-bond acceptors (Lipinski definition) is 10. The van der Waals surface area contributed by atoms with Crippen LogP contribution in [-0.4, -0.2) is 115 Å². The number of hydrogen-bond donors (Lipinski definition) is 10. The molecule has 16 nitrogen and oxygen atoms in total. The van der Waals surface area contributed by atoms with Crippen molar-refractivity contribution in [2.75, 3.05) is 49.5 Å². The van der Waals surface area contributed by atoms with Gasteiger partial charge in [0.05, 0.1) is 5.70 Å². The summed E-state index contributed by atoms with van der Waals surface area (Å²) in [5.41, 5.74) is 0.0648. The molecule has 0 aliphatic carbocycles. The van der Waals surface area contributed by atoms with Crippen LogP contribution in [0.4, 0.5) is 0 Å². The number of amides is 8. The van der Waals surface area contributed by atoms with Gasteiger partial charge >= 0.3 is 0 Å². The molecule has 0 aliphatic rings. The molecular weight excluding hydrogens is 926 g/mol. The Kier molecular flexibility index (Phi) is 61.1. The van der Waals surface area contributed by atoms with Gasteiger partial charge in [-0.05, 0) is 16.7 Å². The van der Waals surface area contributed by atoms with Crippen molar-refractivity contribution in [3.63, 3.8) is 0 Å². The van der Waals surface area contributed by atoms with Gasteiger partial charge in [-0.3, -0.25) is 38.4 Å². The predicted octanol–water partition coefficient (Wildman–Crippen LogP) is 0.460. The minimum Gasteiger partial charge on any atom is -0.357 e. The summed E-state index contributed by atoms with van der Waals surface area (Å²) < 4.78 is 12.4. The highest BCUT2D eigenvalue weighted by atomic mass is 127. The van der Waals surface area contributed by atoms with Gasteiger partial charge in [-0.2, -0.15) is 38.8 Å². The molecule has 0 bridgehead atoms. The summed E-state index contributed by atoms with van der Waals surface area (Å²) in [4.78, 5) is 85.8. The Bertz CT molecular complexity index is 958. The maximum Gasteiger partial charge on any atom is 0.266 e. The van der Waals surface area contributed by atoms with Crippen LogP contribution in [0.1, 0.15) is 52.2 Å². The maximum atomic E-state index is 10.9. The topological polar surface area (TPSA) is 233 Å². The molecule has 8 N–H and O–H groups in total. The lowest BCUT2D eigenvalue weighted by molar-refractivity contribution is -0.127. The van der Waals surface area contributed by atoms with E-state index < -0.39 is 18.1 Å². The largest absolute Gasteiger partial charge is 0.357 e. The van der Waals surface area contributed by atoms with E-state index in [-0.39, 0.29) is 81.3 Å². The van der Waals surface area contributed by atoms with E-state index in [1.54, 1.807) is 6.92 Å². The summed E-state index contributed by atoms with van der Waals surface area (Å²) >= 11 is 11.7. The first-order valence-corrected chi connectivity index (χ1v) is 17.1. The molecule has 0 aromatic rings. The van der Waals surface area contributed by atoms with Crippen LogP contribution in [0.3, 0.4) is 0 Å². The van der Waals surface area contributed by atoms with Crippen molar-refractivity contribution in [2.24, 2.45) is 0 Å². The van der Waals surface area contributed by atoms with Crippen molar-refractivity contribution in [3.8, 4) is 0 Å². The monoisotopic (exact) mass is 990 g/mol. The summed E-state index contributed by atoms with van der Waals surface area (Å²) in [7, 11) is 6.02. The fourth-order valence-corrected chi connectivity index (χ4v) is 2.75. The van der Waals surface area contributed by atoms with Crippen LogP contribution in [0.5, 0.6) is 0 Å². The number of carbonyl (C=O) groups is 8. The van der Waals surface area contributed by atoms with Crippen molar-refractivity contribution in [1.82, 2.24) is 42.5 Å². The second kappa shape index (κ2) is 48.1. The standard InChI is InChI=1S/2C6H12N2O2S.C6H12N2O2.C6H10N2O2.2CH3I.2CH4.H2S/c2*1-4(9)8-5(3-11)6(10)7-2;2*1-4(6(10)7-3)8-5(2)9;2*1-2;;;/h2*5,11H,3H2,1-2H3,(H,7,10)(H,8,9);4H,1-3H3,(H,7,10)(H,8,9);1H2,2-3H3,(H,7,10)(H,8,9);2*1H3;2*1H4;1H2/i;;;;2*1D;;;. The molecule has 21 heteroatoms. The third-order valence-corrected chi connectivity index (χ3v) is 4.86. The second-order valence-corrected chi connectivity index (χ2v) is 8.61. The van der Waals surface area contributed by atoms with Gasteiger partial charge in [0.25, 0.3) is 5.91 Å². The molecule has 0 heterocycles. The molecule has 0 saturated carbocycles.